The second-order valence-electron chi connectivity index (χ2n) is 5.59. The Kier molecular flexibility index (Phi) is 5.20. The van der Waals surface area contributed by atoms with Crippen LogP contribution in [0.25, 0.3) is 0 Å². The molecule has 2 N–H and O–H groups in total. The first-order valence-electron chi connectivity index (χ1n) is 7.27. The molecule has 0 radical (unpaired) electrons. The summed E-state index contributed by atoms with van der Waals surface area (Å²) in [5.41, 5.74) is 0.901. The summed E-state index contributed by atoms with van der Waals surface area (Å²) < 4.78 is 5.09. The molecule has 0 saturated heterocycles. The maximum absolute atomic E-state index is 12.3. The van der Waals surface area contributed by atoms with Gasteiger partial charge in [-0.2, -0.15) is 0 Å². The van der Waals surface area contributed by atoms with Crippen LogP contribution in [0.1, 0.15) is 24.8 Å². The average molecular weight is 293 g/mol. The smallest absolute Gasteiger partial charge is 0.227 e. The number of rotatable bonds is 4. The van der Waals surface area contributed by atoms with Gasteiger partial charge in [0.05, 0.1) is 25.7 Å². The van der Waals surface area contributed by atoms with E-state index in [2.05, 4.69) is 0 Å². The molecule has 0 bridgehead atoms. The monoisotopic (exact) mass is 293 g/mol. The minimum absolute atomic E-state index is 0.0571. The first-order valence-corrected chi connectivity index (χ1v) is 7.27. The fourth-order valence-corrected chi connectivity index (χ4v) is 2.78. The van der Waals surface area contributed by atoms with Crippen molar-refractivity contribution in [2.45, 2.75) is 43.9 Å². The molecule has 21 heavy (non-hydrogen) atoms. The van der Waals surface area contributed by atoms with E-state index in [0.717, 1.165) is 24.2 Å². The number of ether oxygens (including phenoxy) is 1. The summed E-state index contributed by atoms with van der Waals surface area (Å²) in [5, 5.41) is 19.8. The van der Waals surface area contributed by atoms with Crippen LogP contribution in [0.4, 0.5) is 0 Å². The van der Waals surface area contributed by atoms with Crippen molar-refractivity contribution in [2.24, 2.45) is 0 Å². The van der Waals surface area contributed by atoms with Gasteiger partial charge in [-0.3, -0.25) is 4.79 Å². The molecule has 0 heterocycles. The Labute approximate surface area is 125 Å². The van der Waals surface area contributed by atoms with Gasteiger partial charge in [0.25, 0.3) is 0 Å². The number of aliphatic hydroxyl groups is 2. The van der Waals surface area contributed by atoms with E-state index < -0.39 is 12.2 Å². The predicted molar refractivity (Wildman–Crippen MR) is 79.1 cm³/mol. The molecule has 116 valence electrons. The second kappa shape index (κ2) is 6.91. The summed E-state index contributed by atoms with van der Waals surface area (Å²) in [6.45, 7) is 0. The lowest BCUT2D eigenvalue weighted by molar-refractivity contribution is -0.138. The Morgan fingerprint density at radius 3 is 2.57 bits per heavy atom. The van der Waals surface area contributed by atoms with E-state index in [1.807, 2.05) is 24.3 Å². The molecule has 0 spiro atoms. The molecule has 5 heteroatoms. The van der Waals surface area contributed by atoms with Crippen LogP contribution in [0, 0.1) is 0 Å². The largest absolute Gasteiger partial charge is 0.497 e. The lowest BCUT2D eigenvalue weighted by Crippen LogP contribution is -2.52. The average Bonchev–Trinajstić information content (AvgIpc) is 2.50. The van der Waals surface area contributed by atoms with Gasteiger partial charge in [0.2, 0.25) is 5.91 Å². The molecule has 1 amide bonds. The Hall–Kier alpha value is -1.59. The number of carbonyl (C=O) groups excluding carboxylic acids is 1. The Balaban J connectivity index is 1.98. The third kappa shape index (κ3) is 3.74. The van der Waals surface area contributed by atoms with E-state index in [4.69, 9.17) is 4.74 Å². The lowest BCUT2D eigenvalue weighted by Gasteiger charge is -2.37. The first kappa shape index (κ1) is 15.8. The Morgan fingerprint density at radius 2 is 1.95 bits per heavy atom. The van der Waals surface area contributed by atoms with Gasteiger partial charge in [-0.25, -0.2) is 0 Å². The lowest BCUT2D eigenvalue weighted by atomic mass is 9.89. The second-order valence-corrected chi connectivity index (χ2v) is 5.59. The van der Waals surface area contributed by atoms with Crippen LogP contribution in [0.3, 0.4) is 0 Å². The molecule has 1 aliphatic rings. The van der Waals surface area contributed by atoms with Crippen molar-refractivity contribution in [2.75, 3.05) is 14.2 Å². The third-order valence-corrected chi connectivity index (χ3v) is 4.19. The zero-order chi connectivity index (χ0) is 15.4. The highest BCUT2D eigenvalue weighted by Gasteiger charge is 2.34. The van der Waals surface area contributed by atoms with Gasteiger partial charge >= 0.3 is 0 Å². The van der Waals surface area contributed by atoms with Crippen LogP contribution in [0.15, 0.2) is 24.3 Å². The SMILES string of the molecule is COc1ccc(CC(=O)N(C)[C@@H]2CCC[C@@H](O)[C@@H]2O)cc1. The highest BCUT2D eigenvalue weighted by Crippen LogP contribution is 2.23. The molecule has 1 aromatic rings. The highest BCUT2D eigenvalue weighted by molar-refractivity contribution is 5.79. The number of amides is 1. The summed E-state index contributed by atoms with van der Waals surface area (Å²) >= 11 is 0. The van der Waals surface area contributed by atoms with Gasteiger partial charge in [-0.1, -0.05) is 12.1 Å². The van der Waals surface area contributed by atoms with Gasteiger partial charge in [0.1, 0.15) is 11.9 Å². The number of hydrogen-bond acceptors (Lipinski definition) is 4. The van der Waals surface area contributed by atoms with Crippen LogP contribution >= 0.6 is 0 Å². The number of methoxy groups -OCH3 is 1. The third-order valence-electron chi connectivity index (χ3n) is 4.19. The van der Waals surface area contributed by atoms with E-state index in [-0.39, 0.29) is 18.4 Å². The van der Waals surface area contributed by atoms with E-state index in [9.17, 15) is 15.0 Å². The van der Waals surface area contributed by atoms with Crippen molar-refractivity contribution < 1.29 is 19.7 Å². The van der Waals surface area contributed by atoms with Crippen molar-refractivity contribution in [1.29, 1.82) is 0 Å². The van der Waals surface area contributed by atoms with E-state index in [0.29, 0.717) is 6.42 Å². The van der Waals surface area contributed by atoms with E-state index >= 15 is 0 Å². The minimum atomic E-state index is -0.858. The van der Waals surface area contributed by atoms with Gasteiger partial charge in [-0.15, -0.1) is 0 Å². The van der Waals surface area contributed by atoms with Crippen molar-refractivity contribution >= 4 is 5.91 Å². The van der Waals surface area contributed by atoms with Crippen molar-refractivity contribution in [1.82, 2.24) is 4.90 Å². The summed E-state index contributed by atoms with van der Waals surface area (Å²) in [6, 6.07) is 7.05. The van der Waals surface area contributed by atoms with Crippen molar-refractivity contribution in [3.63, 3.8) is 0 Å². The number of aliphatic hydroxyl groups excluding tert-OH is 2. The molecule has 1 aromatic carbocycles. The molecule has 0 aliphatic heterocycles. The van der Waals surface area contributed by atoms with Crippen LogP contribution in [0.2, 0.25) is 0 Å². The Bertz CT molecular complexity index is 474. The Morgan fingerprint density at radius 1 is 1.29 bits per heavy atom. The predicted octanol–water partition coefficient (Wildman–Crippen LogP) is 0.970. The molecule has 1 aliphatic carbocycles. The van der Waals surface area contributed by atoms with Gasteiger partial charge < -0.3 is 19.8 Å². The van der Waals surface area contributed by atoms with Crippen LogP contribution in [0.5, 0.6) is 5.75 Å². The standard InChI is InChI=1S/C16H23NO4/c1-17(13-4-3-5-14(18)16(13)20)15(19)10-11-6-8-12(21-2)9-7-11/h6-9,13-14,16,18,20H,3-5,10H2,1-2H3/t13-,14-,16-/m1/s1. The van der Waals surface area contributed by atoms with Crippen LogP contribution < -0.4 is 4.74 Å². The fourth-order valence-electron chi connectivity index (χ4n) is 2.78. The maximum atomic E-state index is 12.3. The number of likely N-dealkylation sites (N-methyl/N-ethyl adjacent to an activating group) is 1. The summed E-state index contributed by atoms with van der Waals surface area (Å²) in [5.74, 6) is 0.698. The molecule has 2 rings (SSSR count). The normalized spacial score (nSPS) is 25.4. The molecule has 0 aromatic heterocycles. The first-order chi connectivity index (χ1) is 10.0. The molecular weight excluding hydrogens is 270 g/mol. The maximum Gasteiger partial charge on any atom is 0.227 e. The molecular formula is C16H23NO4. The van der Waals surface area contributed by atoms with E-state index in [1.165, 1.54) is 0 Å². The van der Waals surface area contributed by atoms with Crippen LogP contribution in [-0.2, 0) is 11.2 Å². The van der Waals surface area contributed by atoms with Gasteiger partial charge in [-0.05, 0) is 37.0 Å². The molecule has 1 saturated carbocycles. The van der Waals surface area contributed by atoms with Crippen molar-refractivity contribution in [3.05, 3.63) is 29.8 Å². The summed E-state index contributed by atoms with van der Waals surface area (Å²) in [7, 11) is 3.29. The number of benzene rings is 1. The zero-order valence-corrected chi connectivity index (χ0v) is 12.5. The summed E-state index contributed by atoms with van der Waals surface area (Å²) in [6.07, 6.45) is 0.827. The zero-order valence-electron chi connectivity index (χ0n) is 12.5. The highest BCUT2D eigenvalue weighted by atomic mass is 16.5. The van der Waals surface area contributed by atoms with Crippen LogP contribution in [-0.4, -0.2) is 53.4 Å². The van der Waals surface area contributed by atoms with E-state index in [1.54, 1.807) is 19.1 Å². The molecule has 0 unspecified atom stereocenters. The summed E-state index contributed by atoms with van der Waals surface area (Å²) in [4.78, 5) is 13.9. The topological polar surface area (TPSA) is 70.0 Å². The number of carbonyl (C=O) groups is 1. The minimum Gasteiger partial charge on any atom is -0.497 e. The van der Waals surface area contributed by atoms with Gasteiger partial charge in [0, 0.05) is 7.05 Å². The molecule has 3 atom stereocenters. The fraction of sp³-hybridized carbons (Fsp3) is 0.562. The number of nitrogens with zero attached hydrogens (tertiary/aromatic N) is 1. The van der Waals surface area contributed by atoms with Gasteiger partial charge in [0.15, 0.2) is 0 Å². The molecule has 1 fully saturated rings. The molecule has 5 nitrogen and oxygen atoms in total. The van der Waals surface area contributed by atoms with Crippen molar-refractivity contribution in [3.8, 4) is 5.75 Å². The number of hydrogen-bond donors (Lipinski definition) is 2. The quantitative estimate of drug-likeness (QED) is 0.868.